The van der Waals surface area contributed by atoms with Crippen molar-refractivity contribution in [1.82, 2.24) is 5.32 Å². The van der Waals surface area contributed by atoms with Gasteiger partial charge >= 0.3 is 12.1 Å². The lowest BCUT2D eigenvalue weighted by atomic mass is 9.79. The molecule has 1 unspecified atom stereocenters. The number of carbonyl (C=O) groups excluding carboxylic acids is 2. The van der Waals surface area contributed by atoms with Crippen molar-refractivity contribution in [3.05, 3.63) is 34.9 Å². The van der Waals surface area contributed by atoms with Gasteiger partial charge in [-0.2, -0.15) is 0 Å². The second kappa shape index (κ2) is 7.68. The highest BCUT2D eigenvalue weighted by atomic mass is 35.5. The van der Waals surface area contributed by atoms with Crippen molar-refractivity contribution in [2.24, 2.45) is 0 Å². The third kappa shape index (κ3) is 5.75. The second-order valence-electron chi connectivity index (χ2n) is 6.51. The van der Waals surface area contributed by atoms with Crippen LogP contribution >= 0.6 is 11.6 Å². The maximum atomic E-state index is 12.2. The number of carbonyl (C=O) groups is 2. The van der Waals surface area contributed by atoms with Crippen LogP contribution in [0.4, 0.5) is 4.79 Å². The Balaban J connectivity index is 2.78. The van der Waals surface area contributed by atoms with Crippen molar-refractivity contribution in [3.63, 3.8) is 0 Å². The molecule has 1 rings (SSSR count). The summed E-state index contributed by atoms with van der Waals surface area (Å²) >= 11 is 5.89. The fourth-order valence-electron chi connectivity index (χ4n) is 2.14. The molecule has 0 saturated heterocycles. The van der Waals surface area contributed by atoms with Gasteiger partial charge in [0.05, 0.1) is 12.5 Å². The molecule has 0 aromatic heterocycles. The number of esters is 1. The molecule has 0 bridgehead atoms. The van der Waals surface area contributed by atoms with Crippen molar-refractivity contribution in [2.75, 3.05) is 13.7 Å². The predicted molar refractivity (Wildman–Crippen MR) is 89.7 cm³/mol. The van der Waals surface area contributed by atoms with E-state index in [1.165, 1.54) is 7.11 Å². The number of hydrogen-bond acceptors (Lipinski definition) is 4. The van der Waals surface area contributed by atoms with Crippen LogP contribution in [0.3, 0.4) is 0 Å². The minimum Gasteiger partial charge on any atom is -0.468 e. The van der Waals surface area contributed by atoms with E-state index in [2.05, 4.69) is 5.32 Å². The van der Waals surface area contributed by atoms with E-state index >= 15 is 0 Å². The maximum Gasteiger partial charge on any atom is 0.407 e. The van der Waals surface area contributed by atoms with Gasteiger partial charge in [0.1, 0.15) is 5.60 Å². The van der Waals surface area contributed by atoms with Gasteiger partial charge < -0.3 is 14.8 Å². The highest BCUT2D eigenvalue weighted by Gasteiger charge is 2.36. The van der Waals surface area contributed by atoms with E-state index in [1.807, 2.05) is 0 Å². The maximum absolute atomic E-state index is 12.2. The lowest BCUT2D eigenvalue weighted by Gasteiger charge is -2.27. The number of ether oxygens (including phenoxy) is 2. The number of benzene rings is 1. The highest BCUT2D eigenvalue weighted by molar-refractivity contribution is 6.30. The topological polar surface area (TPSA) is 64.6 Å². The van der Waals surface area contributed by atoms with Gasteiger partial charge in [-0.1, -0.05) is 23.7 Å². The van der Waals surface area contributed by atoms with Crippen molar-refractivity contribution in [2.45, 2.75) is 45.1 Å². The number of rotatable bonds is 5. The monoisotopic (exact) mass is 341 g/mol. The number of alkyl carbamates (subject to hydrolysis) is 1. The Morgan fingerprint density at radius 2 is 1.70 bits per heavy atom. The number of hydrogen-bond donors (Lipinski definition) is 1. The lowest BCUT2D eigenvalue weighted by molar-refractivity contribution is -0.147. The first-order valence-electron chi connectivity index (χ1n) is 7.40. The van der Waals surface area contributed by atoms with Crippen LogP contribution in [0.2, 0.25) is 5.02 Å². The zero-order valence-electron chi connectivity index (χ0n) is 14.2. The SMILES string of the molecule is COC(=O)C(C)(CCNC(=O)OC(C)(C)C)c1ccc(Cl)cc1. The van der Waals surface area contributed by atoms with E-state index in [-0.39, 0.29) is 12.5 Å². The molecule has 1 aromatic carbocycles. The Morgan fingerprint density at radius 1 is 1.13 bits per heavy atom. The number of nitrogens with one attached hydrogen (secondary N) is 1. The Morgan fingerprint density at radius 3 is 2.17 bits per heavy atom. The molecule has 6 heteroatoms. The van der Waals surface area contributed by atoms with E-state index in [9.17, 15) is 9.59 Å². The summed E-state index contributed by atoms with van der Waals surface area (Å²) in [5.74, 6) is -0.370. The highest BCUT2D eigenvalue weighted by Crippen LogP contribution is 2.30. The largest absolute Gasteiger partial charge is 0.468 e. The average molecular weight is 342 g/mol. The van der Waals surface area contributed by atoms with Crippen LogP contribution in [0, 0.1) is 0 Å². The van der Waals surface area contributed by atoms with Crippen LogP contribution in [0.25, 0.3) is 0 Å². The van der Waals surface area contributed by atoms with Gasteiger partial charge in [0, 0.05) is 11.6 Å². The lowest BCUT2D eigenvalue weighted by Crippen LogP contribution is -2.39. The fraction of sp³-hybridized carbons (Fsp3) is 0.529. The summed E-state index contributed by atoms with van der Waals surface area (Å²) in [6.07, 6.45) is -0.138. The molecular formula is C17H24ClNO4. The van der Waals surface area contributed by atoms with E-state index < -0.39 is 17.1 Å². The molecule has 5 nitrogen and oxygen atoms in total. The summed E-state index contributed by atoms with van der Waals surface area (Å²) in [7, 11) is 1.35. The first-order valence-corrected chi connectivity index (χ1v) is 7.77. The summed E-state index contributed by atoms with van der Waals surface area (Å²) in [4.78, 5) is 23.9. The molecule has 0 radical (unpaired) electrons. The van der Waals surface area contributed by atoms with Gasteiger partial charge in [-0.15, -0.1) is 0 Å². The fourth-order valence-corrected chi connectivity index (χ4v) is 2.26. The minimum atomic E-state index is -0.881. The zero-order valence-corrected chi connectivity index (χ0v) is 15.0. The van der Waals surface area contributed by atoms with Crippen LogP contribution in [0.15, 0.2) is 24.3 Å². The third-order valence-corrected chi connectivity index (χ3v) is 3.66. The van der Waals surface area contributed by atoms with Crippen LogP contribution in [0.5, 0.6) is 0 Å². The first kappa shape index (κ1) is 19.3. The molecule has 0 fully saturated rings. The molecule has 1 aromatic rings. The molecule has 0 aliphatic heterocycles. The number of halogens is 1. The second-order valence-corrected chi connectivity index (χ2v) is 6.95. The van der Waals surface area contributed by atoms with Gasteiger partial charge in [0.2, 0.25) is 0 Å². The molecule has 0 heterocycles. The smallest absolute Gasteiger partial charge is 0.407 e. The van der Waals surface area contributed by atoms with Gasteiger partial charge in [0.15, 0.2) is 0 Å². The molecule has 0 saturated carbocycles. The van der Waals surface area contributed by atoms with E-state index in [4.69, 9.17) is 21.1 Å². The molecule has 0 aliphatic rings. The van der Waals surface area contributed by atoms with Gasteiger partial charge in [-0.05, 0) is 51.8 Å². The molecule has 0 aliphatic carbocycles. The van der Waals surface area contributed by atoms with Gasteiger partial charge in [-0.3, -0.25) is 4.79 Å². The summed E-state index contributed by atoms with van der Waals surface area (Å²) in [5.41, 5.74) is -0.667. The summed E-state index contributed by atoms with van der Waals surface area (Å²) in [6, 6.07) is 7.01. The number of methoxy groups -OCH3 is 1. The van der Waals surface area contributed by atoms with Crippen LogP contribution in [-0.2, 0) is 19.7 Å². The normalized spacial score (nSPS) is 13.8. The molecule has 1 N–H and O–H groups in total. The van der Waals surface area contributed by atoms with Crippen molar-refractivity contribution in [3.8, 4) is 0 Å². The average Bonchev–Trinajstić information content (AvgIpc) is 2.44. The summed E-state index contributed by atoms with van der Waals surface area (Å²) in [5, 5.41) is 3.25. The van der Waals surface area contributed by atoms with Gasteiger partial charge in [0.25, 0.3) is 0 Å². The Hall–Kier alpha value is -1.75. The predicted octanol–water partition coefficient (Wildman–Crippen LogP) is 3.69. The quantitative estimate of drug-likeness (QED) is 0.830. The summed E-state index contributed by atoms with van der Waals surface area (Å²) in [6.45, 7) is 7.43. The standard InChI is InChI=1S/C17H24ClNO4/c1-16(2,3)23-15(21)19-11-10-17(4,14(20)22-5)12-6-8-13(18)9-7-12/h6-9H,10-11H2,1-5H3,(H,19,21). The third-order valence-electron chi connectivity index (χ3n) is 3.41. The number of amides is 1. The Kier molecular flexibility index (Phi) is 6.45. The van der Waals surface area contributed by atoms with E-state index in [1.54, 1.807) is 52.0 Å². The molecule has 23 heavy (non-hydrogen) atoms. The molecule has 0 spiro atoms. The van der Waals surface area contributed by atoms with Crippen molar-refractivity contribution in [1.29, 1.82) is 0 Å². The van der Waals surface area contributed by atoms with E-state index in [0.29, 0.717) is 11.4 Å². The molecule has 1 atom stereocenters. The first-order chi connectivity index (χ1) is 10.6. The summed E-state index contributed by atoms with van der Waals surface area (Å²) < 4.78 is 10.1. The van der Waals surface area contributed by atoms with Crippen LogP contribution < -0.4 is 5.32 Å². The molecular weight excluding hydrogens is 318 g/mol. The van der Waals surface area contributed by atoms with Crippen LogP contribution in [0.1, 0.15) is 39.7 Å². The van der Waals surface area contributed by atoms with E-state index in [0.717, 1.165) is 5.56 Å². The Bertz CT molecular complexity index is 551. The molecule has 1 amide bonds. The van der Waals surface area contributed by atoms with Gasteiger partial charge in [-0.25, -0.2) is 4.79 Å². The van der Waals surface area contributed by atoms with Crippen LogP contribution in [-0.4, -0.2) is 31.3 Å². The Labute approximate surface area is 142 Å². The van der Waals surface area contributed by atoms with Crippen molar-refractivity contribution >= 4 is 23.7 Å². The molecule has 128 valence electrons. The van der Waals surface area contributed by atoms with Crippen molar-refractivity contribution < 1.29 is 19.1 Å². The zero-order chi connectivity index (χ0) is 17.7. The minimum absolute atomic E-state index is 0.281.